The first-order valence-corrected chi connectivity index (χ1v) is 8.84. The van der Waals surface area contributed by atoms with Crippen LogP contribution in [0.4, 0.5) is 0 Å². The number of ether oxygens (including phenoxy) is 1. The van der Waals surface area contributed by atoms with Gasteiger partial charge in [-0.25, -0.2) is 0 Å². The Bertz CT molecular complexity index is 623. The van der Waals surface area contributed by atoms with Crippen LogP contribution in [0.3, 0.4) is 0 Å². The van der Waals surface area contributed by atoms with Crippen LogP contribution in [0.2, 0.25) is 0 Å². The summed E-state index contributed by atoms with van der Waals surface area (Å²) in [6.07, 6.45) is 4.35. The van der Waals surface area contributed by atoms with E-state index in [1.54, 1.807) is 7.05 Å². The van der Waals surface area contributed by atoms with Crippen LogP contribution in [0.15, 0.2) is 24.3 Å². The minimum absolute atomic E-state index is 0.0308. The monoisotopic (exact) mass is 330 g/mol. The fourth-order valence-corrected chi connectivity index (χ4v) is 4.34. The molecule has 1 aliphatic heterocycles. The Balaban J connectivity index is 1.85. The standard InChI is InChI=1S/C19H26N2O3/c1-3-24-16-9-5-4-8-14(16)18(23)21-12-15(17(22)20-2)19(13-21)10-6-7-11-19/h4-5,8-9,15H,3,6-7,10-13H2,1-2H3,(H,20,22)/t15-/m0/s1. The van der Waals surface area contributed by atoms with Crippen molar-refractivity contribution in [2.45, 2.75) is 32.6 Å². The molecule has 1 aromatic rings. The fraction of sp³-hybridized carbons (Fsp3) is 0.579. The van der Waals surface area contributed by atoms with Crippen molar-refractivity contribution in [3.8, 4) is 5.75 Å². The summed E-state index contributed by atoms with van der Waals surface area (Å²) >= 11 is 0. The molecule has 2 amide bonds. The van der Waals surface area contributed by atoms with Gasteiger partial charge in [0.25, 0.3) is 5.91 Å². The highest BCUT2D eigenvalue weighted by Gasteiger charge is 2.52. The van der Waals surface area contributed by atoms with Gasteiger partial charge in [0.2, 0.25) is 5.91 Å². The predicted octanol–water partition coefficient (Wildman–Crippen LogP) is 2.46. The molecule has 24 heavy (non-hydrogen) atoms. The minimum Gasteiger partial charge on any atom is -0.493 e. The topological polar surface area (TPSA) is 58.6 Å². The lowest BCUT2D eigenvalue weighted by atomic mass is 9.76. The largest absolute Gasteiger partial charge is 0.493 e. The number of likely N-dealkylation sites (tertiary alicyclic amines) is 1. The number of amides is 2. The molecule has 0 bridgehead atoms. The van der Waals surface area contributed by atoms with Gasteiger partial charge < -0.3 is 15.0 Å². The highest BCUT2D eigenvalue weighted by atomic mass is 16.5. The van der Waals surface area contributed by atoms with Crippen LogP contribution in [0, 0.1) is 11.3 Å². The summed E-state index contributed by atoms with van der Waals surface area (Å²) in [7, 11) is 1.68. The van der Waals surface area contributed by atoms with Crippen molar-refractivity contribution in [2.24, 2.45) is 11.3 Å². The smallest absolute Gasteiger partial charge is 0.257 e. The second kappa shape index (κ2) is 6.83. The zero-order valence-electron chi connectivity index (χ0n) is 14.5. The second-order valence-corrected chi connectivity index (χ2v) is 6.85. The average Bonchev–Trinajstić information content (AvgIpc) is 3.22. The van der Waals surface area contributed by atoms with E-state index in [1.807, 2.05) is 36.1 Å². The molecular weight excluding hydrogens is 304 g/mol. The molecule has 1 N–H and O–H groups in total. The number of hydrogen-bond acceptors (Lipinski definition) is 3. The van der Waals surface area contributed by atoms with Gasteiger partial charge in [0.05, 0.1) is 18.1 Å². The number of rotatable bonds is 4. The molecule has 1 saturated carbocycles. The Morgan fingerprint density at radius 2 is 2.00 bits per heavy atom. The van der Waals surface area contributed by atoms with Crippen molar-refractivity contribution in [3.63, 3.8) is 0 Å². The quantitative estimate of drug-likeness (QED) is 0.922. The summed E-state index contributed by atoms with van der Waals surface area (Å²) in [5, 5.41) is 2.79. The first kappa shape index (κ1) is 16.8. The molecule has 1 spiro atoms. The van der Waals surface area contributed by atoms with Crippen molar-refractivity contribution in [1.29, 1.82) is 0 Å². The summed E-state index contributed by atoms with van der Waals surface area (Å²) in [4.78, 5) is 27.3. The summed E-state index contributed by atoms with van der Waals surface area (Å²) < 4.78 is 5.60. The fourth-order valence-electron chi connectivity index (χ4n) is 4.34. The molecule has 5 nitrogen and oxygen atoms in total. The van der Waals surface area contributed by atoms with Crippen molar-refractivity contribution in [3.05, 3.63) is 29.8 Å². The molecule has 0 unspecified atom stereocenters. The molecule has 130 valence electrons. The van der Waals surface area contributed by atoms with Gasteiger partial charge in [-0.15, -0.1) is 0 Å². The molecule has 0 aromatic heterocycles. The van der Waals surface area contributed by atoms with Crippen LogP contribution >= 0.6 is 0 Å². The molecule has 1 atom stereocenters. The van der Waals surface area contributed by atoms with Gasteiger partial charge in [0, 0.05) is 25.6 Å². The van der Waals surface area contributed by atoms with Crippen LogP contribution < -0.4 is 10.1 Å². The molecule has 3 rings (SSSR count). The Hall–Kier alpha value is -2.04. The van der Waals surface area contributed by atoms with Gasteiger partial charge >= 0.3 is 0 Å². The maximum atomic E-state index is 13.1. The Labute approximate surface area is 143 Å². The zero-order chi connectivity index (χ0) is 17.2. The number of carbonyl (C=O) groups is 2. The predicted molar refractivity (Wildman–Crippen MR) is 92.0 cm³/mol. The summed E-state index contributed by atoms with van der Waals surface area (Å²) in [6.45, 7) is 3.60. The molecule has 1 saturated heterocycles. The Kier molecular flexibility index (Phi) is 4.78. The normalized spacial score (nSPS) is 21.9. The second-order valence-electron chi connectivity index (χ2n) is 6.85. The van der Waals surface area contributed by atoms with E-state index < -0.39 is 0 Å². The van der Waals surface area contributed by atoms with E-state index in [-0.39, 0.29) is 23.1 Å². The first-order chi connectivity index (χ1) is 11.6. The Morgan fingerprint density at radius 3 is 2.67 bits per heavy atom. The number of hydrogen-bond donors (Lipinski definition) is 1. The molecule has 1 aromatic carbocycles. The van der Waals surface area contributed by atoms with Crippen molar-refractivity contribution >= 4 is 11.8 Å². The van der Waals surface area contributed by atoms with Gasteiger partial charge in [-0.05, 0) is 31.9 Å². The maximum Gasteiger partial charge on any atom is 0.257 e. The average molecular weight is 330 g/mol. The van der Waals surface area contributed by atoms with Crippen LogP contribution in [0.1, 0.15) is 43.0 Å². The highest BCUT2D eigenvalue weighted by Crippen LogP contribution is 2.49. The highest BCUT2D eigenvalue weighted by molar-refractivity contribution is 5.97. The molecule has 2 aliphatic rings. The van der Waals surface area contributed by atoms with Crippen molar-refractivity contribution < 1.29 is 14.3 Å². The summed E-state index contributed by atoms with van der Waals surface area (Å²) in [6, 6.07) is 7.36. The van der Waals surface area contributed by atoms with Crippen LogP contribution in [0.25, 0.3) is 0 Å². The molecule has 1 aliphatic carbocycles. The summed E-state index contributed by atoms with van der Waals surface area (Å²) in [5.74, 6) is 0.545. The van der Waals surface area contributed by atoms with Crippen molar-refractivity contribution in [2.75, 3.05) is 26.7 Å². The summed E-state index contributed by atoms with van der Waals surface area (Å²) in [5.41, 5.74) is 0.543. The maximum absolute atomic E-state index is 13.1. The van der Waals surface area contributed by atoms with Gasteiger partial charge in [-0.3, -0.25) is 9.59 Å². The first-order valence-electron chi connectivity index (χ1n) is 8.84. The van der Waals surface area contributed by atoms with Gasteiger partial charge in [0.15, 0.2) is 0 Å². The van der Waals surface area contributed by atoms with E-state index >= 15 is 0 Å². The van der Waals surface area contributed by atoms with E-state index in [9.17, 15) is 9.59 Å². The van der Waals surface area contributed by atoms with E-state index in [0.29, 0.717) is 31.0 Å². The third kappa shape index (κ3) is 2.87. The van der Waals surface area contributed by atoms with Crippen LogP contribution in [-0.4, -0.2) is 43.5 Å². The van der Waals surface area contributed by atoms with E-state index in [1.165, 1.54) is 0 Å². The molecule has 2 fully saturated rings. The molecule has 1 heterocycles. The van der Waals surface area contributed by atoms with E-state index in [4.69, 9.17) is 4.74 Å². The zero-order valence-corrected chi connectivity index (χ0v) is 14.5. The number of nitrogens with zero attached hydrogens (tertiary/aromatic N) is 1. The van der Waals surface area contributed by atoms with Gasteiger partial charge in [-0.1, -0.05) is 25.0 Å². The van der Waals surface area contributed by atoms with Gasteiger partial charge in [0.1, 0.15) is 5.75 Å². The van der Waals surface area contributed by atoms with Gasteiger partial charge in [-0.2, -0.15) is 0 Å². The molecule has 5 heteroatoms. The lowest BCUT2D eigenvalue weighted by Gasteiger charge is -2.28. The Morgan fingerprint density at radius 1 is 1.29 bits per heavy atom. The lowest BCUT2D eigenvalue weighted by Crippen LogP contribution is -2.38. The number of nitrogens with one attached hydrogen (secondary N) is 1. The SMILES string of the molecule is CCOc1ccccc1C(=O)N1C[C@@H](C(=O)NC)C2(CCCC2)C1. The minimum atomic E-state index is -0.104. The molecular formula is C19H26N2O3. The van der Waals surface area contributed by atoms with Crippen molar-refractivity contribution in [1.82, 2.24) is 10.2 Å². The van der Waals surface area contributed by atoms with Crippen LogP contribution in [0.5, 0.6) is 5.75 Å². The third-order valence-corrected chi connectivity index (χ3v) is 5.51. The number of carbonyl (C=O) groups excluding carboxylic acids is 2. The van der Waals surface area contributed by atoms with E-state index in [0.717, 1.165) is 25.7 Å². The lowest BCUT2D eigenvalue weighted by molar-refractivity contribution is -0.127. The number of para-hydroxylation sites is 1. The molecule has 0 radical (unpaired) electrons. The third-order valence-electron chi connectivity index (χ3n) is 5.51. The van der Waals surface area contributed by atoms with Crippen LogP contribution in [-0.2, 0) is 4.79 Å². The van der Waals surface area contributed by atoms with E-state index in [2.05, 4.69) is 5.32 Å². The number of benzene rings is 1.